The number of nitrogens with zero attached hydrogens (tertiary/aromatic N) is 3. The average molecular weight is 530 g/mol. The molecule has 2 saturated heterocycles. The average Bonchev–Trinajstić information content (AvgIpc) is 3.36. The number of hydrogen-bond donors (Lipinski definition) is 0. The number of ketones is 1. The topological polar surface area (TPSA) is 79.3 Å². The number of rotatable bonds is 4. The van der Waals surface area contributed by atoms with E-state index >= 15 is 0 Å². The van der Waals surface area contributed by atoms with Gasteiger partial charge in [-0.05, 0) is 53.6 Å². The lowest BCUT2D eigenvalue weighted by Gasteiger charge is -2.33. The number of carbonyl (C=O) groups excluding carboxylic acids is 3. The molecule has 3 aromatic rings. The predicted molar refractivity (Wildman–Crippen MR) is 133 cm³/mol. The molecule has 2 fully saturated rings. The summed E-state index contributed by atoms with van der Waals surface area (Å²) >= 11 is 3.42. The molecular weight excluding hydrogens is 510 g/mol. The van der Waals surface area contributed by atoms with Crippen LogP contribution < -0.4 is 9.64 Å². The minimum absolute atomic E-state index is 0.251. The van der Waals surface area contributed by atoms with Crippen molar-refractivity contribution in [1.82, 2.24) is 5.01 Å². The minimum Gasteiger partial charge on any atom is -0.497 e. The minimum atomic E-state index is -0.906. The molecule has 0 N–H and O–H groups in total. The molecule has 8 heteroatoms. The number of ether oxygens (including phenoxy) is 1. The Morgan fingerprint density at radius 3 is 2.43 bits per heavy atom. The van der Waals surface area contributed by atoms with Gasteiger partial charge in [-0.1, -0.05) is 46.3 Å². The molecule has 3 heterocycles. The molecule has 174 valence electrons. The quantitative estimate of drug-likeness (QED) is 0.373. The zero-order valence-corrected chi connectivity index (χ0v) is 20.3. The van der Waals surface area contributed by atoms with Crippen molar-refractivity contribution in [1.29, 1.82) is 0 Å². The summed E-state index contributed by atoms with van der Waals surface area (Å²) in [6, 6.07) is 20.1. The van der Waals surface area contributed by atoms with Gasteiger partial charge in [0.1, 0.15) is 11.8 Å². The van der Waals surface area contributed by atoms with Gasteiger partial charge in [-0.15, -0.1) is 0 Å². The third-order valence-corrected chi connectivity index (χ3v) is 7.50. The van der Waals surface area contributed by atoms with E-state index in [0.717, 1.165) is 15.6 Å². The van der Waals surface area contributed by atoms with Crippen LogP contribution in [0.3, 0.4) is 0 Å². The highest BCUT2D eigenvalue weighted by Crippen LogP contribution is 2.53. The van der Waals surface area contributed by atoms with Crippen LogP contribution in [0.25, 0.3) is 0 Å². The Bertz CT molecular complexity index is 1400. The third kappa shape index (κ3) is 3.24. The summed E-state index contributed by atoms with van der Waals surface area (Å²) in [6.45, 7) is 0. The molecule has 4 atom stereocenters. The number of halogens is 1. The molecule has 0 saturated carbocycles. The Balaban J connectivity index is 1.48. The van der Waals surface area contributed by atoms with Gasteiger partial charge in [-0.3, -0.25) is 19.4 Å². The molecular formula is C27H20BrN3O4. The second-order valence-corrected chi connectivity index (χ2v) is 9.69. The summed E-state index contributed by atoms with van der Waals surface area (Å²) < 4.78 is 5.98. The van der Waals surface area contributed by atoms with E-state index < -0.39 is 23.9 Å². The van der Waals surface area contributed by atoms with Crippen molar-refractivity contribution in [2.45, 2.75) is 12.1 Å². The zero-order valence-electron chi connectivity index (χ0n) is 18.7. The highest BCUT2D eigenvalue weighted by Gasteiger charge is 2.65. The fourth-order valence-electron chi connectivity index (χ4n) is 5.46. The van der Waals surface area contributed by atoms with Crippen molar-refractivity contribution >= 4 is 45.4 Å². The molecule has 3 aromatic carbocycles. The molecule has 2 amide bonds. The van der Waals surface area contributed by atoms with Crippen molar-refractivity contribution < 1.29 is 19.1 Å². The first-order valence-electron chi connectivity index (χ1n) is 11.2. The molecule has 0 bridgehead atoms. The summed E-state index contributed by atoms with van der Waals surface area (Å²) in [6.07, 6.45) is 1.70. The standard InChI is InChI=1S/C27H20BrN3O4/c1-35-19-11-9-15(10-12-19)25(32)24-22-21(23-20-8-3-2-5-16(20)14-29-31(23)24)26(33)30(27(22)34)18-7-4-6-17(28)13-18/h2-14,21-24H,1H3. The number of imide groups is 1. The van der Waals surface area contributed by atoms with E-state index in [2.05, 4.69) is 21.0 Å². The Labute approximate surface area is 210 Å². The molecule has 4 unspecified atom stereocenters. The fraction of sp³-hybridized carbons (Fsp3) is 0.185. The van der Waals surface area contributed by atoms with Gasteiger partial charge in [0.15, 0.2) is 5.78 Å². The number of benzene rings is 3. The van der Waals surface area contributed by atoms with Gasteiger partial charge in [0, 0.05) is 10.0 Å². The third-order valence-electron chi connectivity index (χ3n) is 7.00. The predicted octanol–water partition coefficient (Wildman–Crippen LogP) is 4.22. The first-order valence-corrected chi connectivity index (χ1v) is 12.0. The molecule has 6 rings (SSSR count). The molecule has 35 heavy (non-hydrogen) atoms. The van der Waals surface area contributed by atoms with Crippen molar-refractivity contribution in [2.75, 3.05) is 12.0 Å². The summed E-state index contributed by atoms with van der Waals surface area (Å²) in [5.41, 5.74) is 2.69. The normalized spacial score (nSPS) is 24.3. The first kappa shape index (κ1) is 21.7. The lowest BCUT2D eigenvalue weighted by Crippen LogP contribution is -2.44. The second-order valence-electron chi connectivity index (χ2n) is 8.78. The van der Waals surface area contributed by atoms with Crippen molar-refractivity contribution in [3.8, 4) is 5.75 Å². The largest absolute Gasteiger partial charge is 0.497 e. The van der Waals surface area contributed by atoms with Crippen LogP contribution in [0, 0.1) is 11.8 Å². The van der Waals surface area contributed by atoms with Gasteiger partial charge in [-0.2, -0.15) is 5.10 Å². The molecule has 0 aromatic heterocycles. The number of fused-ring (bicyclic) bond motifs is 5. The van der Waals surface area contributed by atoms with Crippen molar-refractivity contribution in [3.63, 3.8) is 0 Å². The van der Waals surface area contributed by atoms with Crippen LogP contribution in [0.15, 0.2) is 82.4 Å². The van der Waals surface area contributed by atoms with Gasteiger partial charge in [0.2, 0.25) is 11.8 Å². The van der Waals surface area contributed by atoms with E-state index in [4.69, 9.17) is 4.74 Å². The van der Waals surface area contributed by atoms with Crippen LogP contribution in [-0.2, 0) is 9.59 Å². The molecule has 7 nitrogen and oxygen atoms in total. The monoisotopic (exact) mass is 529 g/mol. The van der Waals surface area contributed by atoms with Gasteiger partial charge in [-0.25, -0.2) is 4.90 Å². The molecule has 0 radical (unpaired) electrons. The van der Waals surface area contributed by atoms with E-state index in [0.29, 0.717) is 17.0 Å². The van der Waals surface area contributed by atoms with E-state index in [-0.39, 0.29) is 17.6 Å². The number of anilines is 1. The van der Waals surface area contributed by atoms with Crippen molar-refractivity contribution in [3.05, 3.63) is 94.0 Å². The number of carbonyl (C=O) groups is 3. The maximum Gasteiger partial charge on any atom is 0.240 e. The smallest absolute Gasteiger partial charge is 0.240 e. The Morgan fingerprint density at radius 2 is 1.69 bits per heavy atom. The fourth-order valence-corrected chi connectivity index (χ4v) is 5.85. The van der Waals surface area contributed by atoms with Crippen LogP contribution in [0.1, 0.15) is 27.5 Å². The molecule has 3 aliphatic rings. The Kier molecular flexibility index (Phi) is 5.07. The van der Waals surface area contributed by atoms with Gasteiger partial charge in [0.25, 0.3) is 0 Å². The van der Waals surface area contributed by atoms with Crippen LogP contribution >= 0.6 is 15.9 Å². The summed E-state index contributed by atoms with van der Waals surface area (Å²) in [4.78, 5) is 42.8. The number of hydrazone groups is 1. The lowest BCUT2D eigenvalue weighted by atomic mass is 9.83. The second kappa shape index (κ2) is 8.16. The molecule has 3 aliphatic heterocycles. The van der Waals surface area contributed by atoms with Crippen LogP contribution in [0.2, 0.25) is 0 Å². The molecule has 0 aliphatic carbocycles. The number of methoxy groups -OCH3 is 1. The summed E-state index contributed by atoms with van der Waals surface area (Å²) in [5, 5.41) is 6.26. The first-order chi connectivity index (χ1) is 17.0. The van der Waals surface area contributed by atoms with Crippen molar-refractivity contribution in [2.24, 2.45) is 16.9 Å². The highest BCUT2D eigenvalue weighted by molar-refractivity contribution is 9.10. The molecule has 0 spiro atoms. The van der Waals surface area contributed by atoms with E-state index in [1.165, 1.54) is 4.90 Å². The van der Waals surface area contributed by atoms with Gasteiger partial charge < -0.3 is 4.74 Å². The number of Topliss-reactive ketones (excluding diaryl/α,β-unsaturated/α-hetero) is 1. The van der Waals surface area contributed by atoms with E-state index in [9.17, 15) is 14.4 Å². The van der Waals surface area contributed by atoms with Crippen LogP contribution in [-0.4, -0.2) is 42.0 Å². The summed E-state index contributed by atoms with van der Waals surface area (Å²) in [5.74, 6) is -1.91. The zero-order chi connectivity index (χ0) is 24.3. The Hall–Kier alpha value is -3.78. The summed E-state index contributed by atoms with van der Waals surface area (Å²) in [7, 11) is 1.56. The SMILES string of the molecule is COc1ccc(C(=O)C2C3C(=O)N(c4cccc(Br)c4)C(=O)C3C3c4ccccc4C=NN23)cc1. The van der Waals surface area contributed by atoms with Crippen LogP contribution in [0.5, 0.6) is 5.75 Å². The number of amides is 2. The highest BCUT2D eigenvalue weighted by atomic mass is 79.9. The maximum absolute atomic E-state index is 13.9. The van der Waals surface area contributed by atoms with E-state index in [1.54, 1.807) is 60.8 Å². The lowest BCUT2D eigenvalue weighted by molar-refractivity contribution is -0.124. The number of hydrogen-bond acceptors (Lipinski definition) is 6. The van der Waals surface area contributed by atoms with Gasteiger partial charge >= 0.3 is 0 Å². The van der Waals surface area contributed by atoms with Gasteiger partial charge in [0.05, 0.1) is 36.9 Å². The Morgan fingerprint density at radius 1 is 0.943 bits per heavy atom. The van der Waals surface area contributed by atoms with Crippen LogP contribution in [0.4, 0.5) is 5.69 Å². The maximum atomic E-state index is 13.9. The van der Waals surface area contributed by atoms with E-state index in [1.807, 2.05) is 30.3 Å².